The Labute approximate surface area is 116 Å². The lowest BCUT2D eigenvalue weighted by molar-refractivity contribution is 0.370. The lowest BCUT2D eigenvalue weighted by Crippen LogP contribution is -2.20. The predicted octanol–water partition coefficient (Wildman–Crippen LogP) is 3.02. The van der Waals surface area contributed by atoms with E-state index < -0.39 is 0 Å². The average molecular weight is 264 g/mol. The second-order valence-corrected chi connectivity index (χ2v) is 5.20. The Kier molecular flexibility index (Phi) is 6.64. The van der Waals surface area contributed by atoms with Gasteiger partial charge >= 0.3 is 0 Å². The highest BCUT2D eigenvalue weighted by atomic mass is 15.0. The fourth-order valence-corrected chi connectivity index (χ4v) is 2.49. The topological polar surface area (TPSA) is 66.7 Å². The molecule has 0 bridgehead atoms. The van der Waals surface area contributed by atoms with Crippen LogP contribution in [0.25, 0.3) is 0 Å². The number of imidazole rings is 1. The number of aryl methyl sites for hydroxylation is 1. The van der Waals surface area contributed by atoms with Crippen molar-refractivity contribution in [3.63, 3.8) is 0 Å². The van der Waals surface area contributed by atoms with Gasteiger partial charge in [0.05, 0.1) is 5.69 Å². The minimum Gasteiger partial charge on any atom is -0.382 e. The number of aromatic nitrogens is 2. The second-order valence-electron chi connectivity index (χ2n) is 5.20. The van der Waals surface area contributed by atoms with E-state index in [0.717, 1.165) is 30.5 Å². The van der Waals surface area contributed by atoms with Crippen molar-refractivity contribution in [2.45, 2.75) is 47.1 Å². The van der Waals surface area contributed by atoms with Crippen LogP contribution in [-0.2, 0) is 6.54 Å². The third-order valence-corrected chi connectivity index (χ3v) is 3.69. The fraction of sp³-hybridized carbons (Fsp3) is 0.667. The van der Waals surface area contributed by atoms with Crippen molar-refractivity contribution in [1.82, 2.24) is 15.3 Å². The summed E-state index contributed by atoms with van der Waals surface area (Å²) in [5, 5.41) is 3.44. The summed E-state index contributed by atoms with van der Waals surface area (Å²) in [6.45, 7) is 10.3. The van der Waals surface area contributed by atoms with E-state index in [-0.39, 0.29) is 0 Å². The normalized spacial score (nSPS) is 14.9. The number of nitrogens with one attached hydrogen (secondary N) is 2. The van der Waals surface area contributed by atoms with Gasteiger partial charge < -0.3 is 16.0 Å². The van der Waals surface area contributed by atoms with Gasteiger partial charge in [-0.15, -0.1) is 0 Å². The maximum Gasteiger partial charge on any atom is 0.146 e. The molecule has 1 aromatic rings. The Balaban J connectivity index is 2.31. The number of H-pyrrole nitrogens is 1. The van der Waals surface area contributed by atoms with E-state index in [1.165, 1.54) is 12.8 Å². The van der Waals surface area contributed by atoms with Crippen molar-refractivity contribution in [1.29, 1.82) is 0 Å². The molecule has 1 rings (SSSR count). The van der Waals surface area contributed by atoms with Gasteiger partial charge in [0.2, 0.25) is 0 Å². The molecule has 0 aliphatic heterocycles. The van der Waals surface area contributed by atoms with Crippen LogP contribution in [-0.4, -0.2) is 16.5 Å². The number of hydrogen-bond donors (Lipinski definition) is 3. The molecule has 0 fully saturated rings. The number of rotatable bonds is 8. The molecule has 4 nitrogen and oxygen atoms in total. The van der Waals surface area contributed by atoms with Gasteiger partial charge in [-0.2, -0.15) is 0 Å². The molecule has 19 heavy (non-hydrogen) atoms. The van der Waals surface area contributed by atoms with Crippen LogP contribution in [0, 0.1) is 18.8 Å². The molecular weight excluding hydrogens is 236 g/mol. The van der Waals surface area contributed by atoms with E-state index in [1.54, 1.807) is 0 Å². The first-order chi connectivity index (χ1) is 9.08. The molecule has 0 saturated heterocycles. The summed E-state index contributed by atoms with van der Waals surface area (Å²) in [7, 11) is 0. The Morgan fingerprint density at radius 2 is 2.21 bits per heavy atom. The van der Waals surface area contributed by atoms with Crippen LogP contribution in [0.2, 0.25) is 0 Å². The summed E-state index contributed by atoms with van der Waals surface area (Å²) in [4.78, 5) is 7.35. The SMILES string of the molecule is C/C=C\C(C)C(CC)CCNCc1[nH]c(C)nc1N. The monoisotopic (exact) mass is 264 g/mol. The highest BCUT2D eigenvalue weighted by molar-refractivity contribution is 5.35. The fourth-order valence-electron chi connectivity index (χ4n) is 2.49. The van der Waals surface area contributed by atoms with Gasteiger partial charge in [-0.05, 0) is 38.6 Å². The zero-order valence-corrected chi connectivity index (χ0v) is 12.7. The summed E-state index contributed by atoms with van der Waals surface area (Å²) in [6.07, 6.45) is 6.85. The number of nitrogens with two attached hydrogens (primary N) is 1. The lowest BCUT2D eigenvalue weighted by Gasteiger charge is -2.20. The van der Waals surface area contributed by atoms with Crippen LogP contribution < -0.4 is 11.1 Å². The smallest absolute Gasteiger partial charge is 0.146 e. The number of nitrogens with zero attached hydrogens (tertiary/aromatic N) is 1. The van der Waals surface area contributed by atoms with E-state index >= 15 is 0 Å². The van der Waals surface area contributed by atoms with Crippen molar-refractivity contribution in [2.75, 3.05) is 12.3 Å². The second kappa shape index (κ2) is 8.00. The van der Waals surface area contributed by atoms with Gasteiger partial charge in [0.1, 0.15) is 11.6 Å². The molecule has 0 aliphatic carbocycles. The Morgan fingerprint density at radius 1 is 1.47 bits per heavy atom. The van der Waals surface area contributed by atoms with E-state index in [1.807, 2.05) is 6.92 Å². The zero-order chi connectivity index (χ0) is 14.3. The van der Waals surface area contributed by atoms with E-state index in [4.69, 9.17) is 5.73 Å². The highest BCUT2D eigenvalue weighted by Crippen LogP contribution is 2.20. The maximum atomic E-state index is 5.81. The minimum absolute atomic E-state index is 0.610. The largest absolute Gasteiger partial charge is 0.382 e. The van der Waals surface area contributed by atoms with Crippen LogP contribution >= 0.6 is 0 Å². The molecule has 0 radical (unpaired) electrons. The van der Waals surface area contributed by atoms with Gasteiger partial charge in [-0.1, -0.05) is 32.4 Å². The predicted molar refractivity (Wildman–Crippen MR) is 81.8 cm³/mol. The van der Waals surface area contributed by atoms with Crippen LogP contribution in [0.5, 0.6) is 0 Å². The zero-order valence-electron chi connectivity index (χ0n) is 12.7. The molecule has 1 heterocycles. The number of aromatic amines is 1. The third-order valence-electron chi connectivity index (χ3n) is 3.69. The first kappa shape index (κ1) is 15.8. The van der Waals surface area contributed by atoms with Crippen LogP contribution in [0.15, 0.2) is 12.2 Å². The number of hydrogen-bond acceptors (Lipinski definition) is 3. The van der Waals surface area contributed by atoms with E-state index in [9.17, 15) is 0 Å². The minimum atomic E-state index is 0.610. The number of anilines is 1. The van der Waals surface area contributed by atoms with Crippen molar-refractivity contribution >= 4 is 5.82 Å². The molecule has 2 unspecified atom stereocenters. The standard InChI is InChI=1S/C15H28N4/c1-5-7-11(3)13(6-2)8-9-17-10-14-15(16)19-12(4)18-14/h5,7,11,13,17H,6,8-10,16H2,1-4H3,(H,18,19)/b7-5-. The Morgan fingerprint density at radius 3 is 2.74 bits per heavy atom. The summed E-state index contributed by atoms with van der Waals surface area (Å²) in [5.41, 5.74) is 6.80. The molecule has 4 heteroatoms. The molecule has 0 saturated carbocycles. The quantitative estimate of drug-likeness (QED) is 0.499. The molecule has 0 amide bonds. The van der Waals surface area contributed by atoms with Crippen molar-refractivity contribution in [2.24, 2.45) is 11.8 Å². The summed E-state index contributed by atoms with van der Waals surface area (Å²) < 4.78 is 0. The van der Waals surface area contributed by atoms with Crippen molar-refractivity contribution in [3.05, 3.63) is 23.7 Å². The molecule has 0 aliphatic rings. The van der Waals surface area contributed by atoms with Crippen LogP contribution in [0.1, 0.15) is 45.1 Å². The summed E-state index contributed by atoms with van der Waals surface area (Å²) in [6, 6.07) is 0. The first-order valence-corrected chi connectivity index (χ1v) is 7.22. The summed E-state index contributed by atoms with van der Waals surface area (Å²) >= 11 is 0. The molecule has 2 atom stereocenters. The highest BCUT2D eigenvalue weighted by Gasteiger charge is 2.12. The van der Waals surface area contributed by atoms with Crippen molar-refractivity contribution < 1.29 is 0 Å². The maximum absolute atomic E-state index is 5.81. The molecular formula is C15H28N4. The average Bonchev–Trinajstić information content (AvgIpc) is 2.68. The van der Waals surface area contributed by atoms with Crippen LogP contribution in [0.3, 0.4) is 0 Å². The first-order valence-electron chi connectivity index (χ1n) is 7.22. The molecule has 4 N–H and O–H groups in total. The molecule has 1 aromatic heterocycles. The third kappa shape index (κ3) is 5.07. The Hall–Kier alpha value is -1.29. The van der Waals surface area contributed by atoms with Crippen LogP contribution in [0.4, 0.5) is 5.82 Å². The molecule has 0 spiro atoms. The van der Waals surface area contributed by atoms with E-state index in [2.05, 4.69) is 48.2 Å². The molecule has 0 aromatic carbocycles. The summed E-state index contributed by atoms with van der Waals surface area (Å²) in [5.74, 6) is 2.88. The van der Waals surface area contributed by atoms with Gasteiger partial charge in [0.15, 0.2) is 0 Å². The lowest BCUT2D eigenvalue weighted by atomic mass is 9.88. The van der Waals surface area contributed by atoms with Gasteiger partial charge in [-0.3, -0.25) is 0 Å². The number of nitrogen functional groups attached to an aromatic ring is 1. The molecule has 108 valence electrons. The van der Waals surface area contributed by atoms with Gasteiger partial charge in [0, 0.05) is 6.54 Å². The van der Waals surface area contributed by atoms with Gasteiger partial charge in [0.25, 0.3) is 0 Å². The van der Waals surface area contributed by atoms with Crippen molar-refractivity contribution in [3.8, 4) is 0 Å². The Bertz CT molecular complexity index is 395. The van der Waals surface area contributed by atoms with Gasteiger partial charge in [-0.25, -0.2) is 4.98 Å². The number of allylic oxidation sites excluding steroid dienone is 2. The van der Waals surface area contributed by atoms with E-state index in [0.29, 0.717) is 11.7 Å².